The van der Waals surface area contributed by atoms with E-state index in [1.165, 1.54) is 6.20 Å². The Morgan fingerprint density at radius 1 is 1.40 bits per heavy atom. The number of nitrogens with zero attached hydrogens (tertiary/aromatic N) is 3. The number of aromatic nitrogens is 3. The molecule has 1 amide bonds. The van der Waals surface area contributed by atoms with Crippen LogP contribution in [0.2, 0.25) is 0 Å². The Labute approximate surface area is 116 Å². The van der Waals surface area contributed by atoms with Gasteiger partial charge in [0, 0.05) is 25.6 Å². The van der Waals surface area contributed by atoms with Gasteiger partial charge in [0.05, 0.1) is 17.8 Å². The number of hydrogen-bond acceptors (Lipinski definition) is 3. The van der Waals surface area contributed by atoms with E-state index in [1.807, 2.05) is 31.7 Å². The van der Waals surface area contributed by atoms with Gasteiger partial charge in [-0.3, -0.25) is 9.78 Å². The minimum absolute atomic E-state index is 0.154. The molecule has 6 heteroatoms. The van der Waals surface area contributed by atoms with Crippen molar-refractivity contribution < 1.29 is 9.18 Å². The number of imidazole rings is 1. The highest BCUT2D eigenvalue weighted by Crippen LogP contribution is 2.20. The molecule has 0 radical (unpaired) electrons. The lowest BCUT2D eigenvalue weighted by molar-refractivity contribution is 0.0921. The number of halogens is 1. The van der Waals surface area contributed by atoms with Crippen LogP contribution in [0, 0.1) is 11.7 Å². The average molecular weight is 276 g/mol. The lowest BCUT2D eigenvalue weighted by Gasteiger charge is -2.22. The first kappa shape index (κ1) is 14.2. The van der Waals surface area contributed by atoms with Crippen molar-refractivity contribution in [2.24, 2.45) is 13.0 Å². The Bertz CT molecular complexity index is 609. The van der Waals surface area contributed by atoms with E-state index in [1.54, 1.807) is 6.20 Å². The van der Waals surface area contributed by atoms with Gasteiger partial charge < -0.3 is 9.88 Å². The molecule has 0 aliphatic carbocycles. The van der Waals surface area contributed by atoms with Gasteiger partial charge in [-0.25, -0.2) is 9.37 Å². The molecule has 106 valence electrons. The van der Waals surface area contributed by atoms with Crippen LogP contribution >= 0.6 is 0 Å². The van der Waals surface area contributed by atoms with E-state index in [2.05, 4.69) is 15.3 Å². The second-order valence-electron chi connectivity index (χ2n) is 4.98. The molecule has 0 saturated carbocycles. The summed E-state index contributed by atoms with van der Waals surface area (Å²) in [6.07, 6.45) is 5.91. The lowest BCUT2D eigenvalue weighted by Crippen LogP contribution is -2.33. The topological polar surface area (TPSA) is 59.8 Å². The zero-order valence-electron chi connectivity index (χ0n) is 11.7. The number of hydrogen-bond donors (Lipinski definition) is 1. The number of aryl methyl sites for hydroxylation is 1. The largest absolute Gasteiger partial charge is 0.342 e. The Kier molecular flexibility index (Phi) is 4.12. The lowest BCUT2D eigenvalue weighted by atomic mass is 10.0. The van der Waals surface area contributed by atoms with Gasteiger partial charge in [-0.05, 0) is 12.0 Å². The first-order valence-electron chi connectivity index (χ1n) is 6.37. The molecule has 2 aromatic heterocycles. The number of amides is 1. The molecule has 20 heavy (non-hydrogen) atoms. The van der Waals surface area contributed by atoms with Crippen LogP contribution in [0.5, 0.6) is 0 Å². The van der Waals surface area contributed by atoms with Crippen molar-refractivity contribution in [1.29, 1.82) is 0 Å². The molecule has 2 heterocycles. The van der Waals surface area contributed by atoms with Crippen molar-refractivity contribution in [3.8, 4) is 0 Å². The molecule has 0 aromatic carbocycles. The Balaban J connectivity index is 2.21. The van der Waals surface area contributed by atoms with Crippen LogP contribution in [0.4, 0.5) is 4.39 Å². The van der Waals surface area contributed by atoms with E-state index in [0.717, 1.165) is 18.1 Å². The van der Waals surface area contributed by atoms with Crippen molar-refractivity contribution in [2.75, 3.05) is 0 Å². The minimum atomic E-state index is -0.532. The Hall–Kier alpha value is -2.24. The normalized spacial score (nSPS) is 12.4. The van der Waals surface area contributed by atoms with Crippen LogP contribution in [-0.2, 0) is 7.05 Å². The molecule has 2 rings (SSSR count). The summed E-state index contributed by atoms with van der Waals surface area (Å²) in [6, 6.07) is 0.920. The maximum absolute atomic E-state index is 13.1. The van der Waals surface area contributed by atoms with Gasteiger partial charge in [0.25, 0.3) is 5.91 Å². The molecule has 5 nitrogen and oxygen atoms in total. The van der Waals surface area contributed by atoms with Crippen LogP contribution in [0.3, 0.4) is 0 Å². The first-order chi connectivity index (χ1) is 9.49. The second kappa shape index (κ2) is 5.81. The van der Waals surface area contributed by atoms with Crippen LogP contribution in [-0.4, -0.2) is 20.4 Å². The second-order valence-corrected chi connectivity index (χ2v) is 4.98. The summed E-state index contributed by atoms with van der Waals surface area (Å²) in [4.78, 5) is 20.1. The zero-order chi connectivity index (χ0) is 14.7. The molecule has 1 N–H and O–H groups in total. The molecule has 0 aliphatic heterocycles. The molecule has 0 aliphatic rings. The minimum Gasteiger partial charge on any atom is -0.342 e. The van der Waals surface area contributed by atoms with Crippen molar-refractivity contribution in [3.05, 3.63) is 48.1 Å². The van der Waals surface area contributed by atoms with E-state index in [0.29, 0.717) is 0 Å². The highest BCUT2D eigenvalue weighted by Gasteiger charge is 2.22. The van der Waals surface area contributed by atoms with Crippen molar-refractivity contribution >= 4 is 5.91 Å². The molecular formula is C14H17FN4O. The van der Waals surface area contributed by atoms with E-state index in [-0.39, 0.29) is 23.4 Å². The van der Waals surface area contributed by atoms with E-state index in [4.69, 9.17) is 0 Å². The first-order valence-corrected chi connectivity index (χ1v) is 6.37. The van der Waals surface area contributed by atoms with Crippen LogP contribution in [0.25, 0.3) is 0 Å². The number of rotatable bonds is 4. The third-order valence-corrected chi connectivity index (χ3v) is 3.06. The molecule has 2 aromatic rings. The highest BCUT2D eigenvalue weighted by atomic mass is 19.1. The van der Waals surface area contributed by atoms with Crippen molar-refractivity contribution in [1.82, 2.24) is 19.9 Å². The predicted molar refractivity (Wildman–Crippen MR) is 72.4 cm³/mol. The highest BCUT2D eigenvalue weighted by molar-refractivity contribution is 5.94. The molecular weight excluding hydrogens is 259 g/mol. The van der Waals surface area contributed by atoms with Crippen LogP contribution in [0.15, 0.2) is 30.9 Å². The summed E-state index contributed by atoms with van der Waals surface area (Å²) in [5.41, 5.74) is 0.199. The maximum atomic E-state index is 13.1. The SMILES string of the molecule is CC(C)C(NC(=O)c1cncc(F)c1)c1nccn1C. The zero-order valence-corrected chi connectivity index (χ0v) is 11.7. The molecule has 0 saturated heterocycles. The Morgan fingerprint density at radius 3 is 2.70 bits per heavy atom. The summed E-state index contributed by atoms with van der Waals surface area (Å²) >= 11 is 0. The van der Waals surface area contributed by atoms with Gasteiger partial charge in [-0.1, -0.05) is 13.8 Å². The van der Waals surface area contributed by atoms with Gasteiger partial charge in [-0.15, -0.1) is 0 Å². The van der Waals surface area contributed by atoms with Gasteiger partial charge >= 0.3 is 0 Å². The van der Waals surface area contributed by atoms with Gasteiger partial charge in [0.1, 0.15) is 11.6 Å². The smallest absolute Gasteiger partial charge is 0.253 e. The van der Waals surface area contributed by atoms with E-state index in [9.17, 15) is 9.18 Å². The molecule has 1 atom stereocenters. The fraction of sp³-hybridized carbons (Fsp3) is 0.357. The summed E-state index contributed by atoms with van der Waals surface area (Å²) in [5.74, 6) is 0.0220. The van der Waals surface area contributed by atoms with Gasteiger partial charge in [0.15, 0.2) is 0 Å². The van der Waals surface area contributed by atoms with Crippen molar-refractivity contribution in [3.63, 3.8) is 0 Å². The van der Waals surface area contributed by atoms with Gasteiger partial charge in [-0.2, -0.15) is 0 Å². The summed E-state index contributed by atoms with van der Waals surface area (Å²) in [7, 11) is 1.87. The van der Waals surface area contributed by atoms with E-state index < -0.39 is 5.82 Å². The fourth-order valence-corrected chi connectivity index (χ4v) is 1.97. The summed E-state index contributed by atoms with van der Waals surface area (Å²) in [5, 5.41) is 2.87. The number of nitrogens with one attached hydrogen (secondary N) is 1. The van der Waals surface area contributed by atoms with Gasteiger partial charge in [0.2, 0.25) is 0 Å². The fourth-order valence-electron chi connectivity index (χ4n) is 1.97. The number of carbonyl (C=O) groups excluding carboxylic acids is 1. The third kappa shape index (κ3) is 3.01. The Morgan fingerprint density at radius 2 is 2.15 bits per heavy atom. The summed E-state index contributed by atoms with van der Waals surface area (Å²) in [6.45, 7) is 3.98. The van der Waals surface area contributed by atoms with Crippen molar-refractivity contribution in [2.45, 2.75) is 19.9 Å². The average Bonchev–Trinajstić information content (AvgIpc) is 2.81. The number of pyridine rings is 1. The third-order valence-electron chi connectivity index (χ3n) is 3.06. The van der Waals surface area contributed by atoms with E-state index >= 15 is 0 Å². The molecule has 0 fully saturated rings. The molecule has 0 spiro atoms. The molecule has 0 bridgehead atoms. The van der Waals surface area contributed by atoms with Crippen LogP contribution in [0.1, 0.15) is 36.1 Å². The summed E-state index contributed by atoms with van der Waals surface area (Å²) < 4.78 is 15.0. The predicted octanol–water partition coefficient (Wildman–Crippen LogP) is 2.08. The monoisotopic (exact) mass is 276 g/mol. The standard InChI is InChI=1S/C14H17FN4O/c1-9(2)12(13-17-4-5-19(13)3)18-14(20)10-6-11(15)8-16-7-10/h4-9,12H,1-3H3,(H,18,20). The molecule has 1 unspecified atom stereocenters. The maximum Gasteiger partial charge on any atom is 0.253 e. The number of carbonyl (C=O) groups is 1. The quantitative estimate of drug-likeness (QED) is 0.930. The van der Waals surface area contributed by atoms with Crippen LogP contribution < -0.4 is 5.32 Å².